The first-order valence-corrected chi connectivity index (χ1v) is 3.92. The number of nitriles is 1. The van der Waals surface area contributed by atoms with E-state index in [2.05, 4.69) is 0 Å². The first-order valence-electron chi connectivity index (χ1n) is 3.92. The molecule has 0 atom stereocenters. The van der Waals surface area contributed by atoms with Gasteiger partial charge in [0.2, 0.25) is 0 Å². The lowest BCUT2D eigenvalue weighted by Crippen LogP contribution is -2.39. The monoisotopic (exact) mass is 173 g/mol. The van der Waals surface area contributed by atoms with Gasteiger partial charge in [0.1, 0.15) is 12.7 Å². The van der Waals surface area contributed by atoms with E-state index in [9.17, 15) is 0 Å². The standard InChI is InChI=1S/C8H15NO3/c1-4-11-8(6-9,7-10-3)12-5-2/h4-5,7H2,1-3H3. The maximum Gasteiger partial charge on any atom is 0.283 e. The SMILES string of the molecule is CCOC(C#N)(COC)OCC. The van der Waals surface area contributed by atoms with E-state index in [0.717, 1.165) is 0 Å². The minimum absolute atomic E-state index is 0.130. The van der Waals surface area contributed by atoms with Crippen molar-refractivity contribution in [3.05, 3.63) is 0 Å². The van der Waals surface area contributed by atoms with Crippen LogP contribution in [0.2, 0.25) is 0 Å². The van der Waals surface area contributed by atoms with Crippen LogP contribution in [0, 0.1) is 11.3 Å². The summed E-state index contributed by atoms with van der Waals surface area (Å²) in [5, 5.41) is 8.79. The number of rotatable bonds is 6. The van der Waals surface area contributed by atoms with E-state index in [1.165, 1.54) is 7.11 Å². The van der Waals surface area contributed by atoms with E-state index < -0.39 is 5.79 Å². The second kappa shape index (κ2) is 5.95. The third kappa shape index (κ3) is 3.18. The molecule has 0 aliphatic heterocycles. The van der Waals surface area contributed by atoms with Crippen molar-refractivity contribution in [2.45, 2.75) is 19.6 Å². The fourth-order valence-corrected chi connectivity index (χ4v) is 0.878. The van der Waals surface area contributed by atoms with E-state index in [1.54, 1.807) is 13.8 Å². The van der Waals surface area contributed by atoms with Crippen LogP contribution in [0.3, 0.4) is 0 Å². The van der Waals surface area contributed by atoms with Gasteiger partial charge in [0.25, 0.3) is 5.79 Å². The quantitative estimate of drug-likeness (QED) is 0.560. The van der Waals surface area contributed by atoms with E-state index in [4.69, 9.17) is 19.5 Å². The van der Waals surface area contributed by atoms with Crippen LogP contribution in [0.5, 0.6) is 0 Å². The molecule has 0 aliphatic carbocycles. The third-order valence-corrected chi connectivity index (χ3v) is 1.26. The van der Waals surface area contributed by atoms with Gasteiger partial charge < -0.3 is 14.2 Å². The van der Waals surface area contributed by atoms with Gasteiger partial charge in [0.15, 0.2) is 0 Å². The molecule has 0 aromatic carbocycles. The highest BCUT2D eigenvalue weighted by molar-refractivity contribution is 4.94. The molecule has 0 aliphatic rings. The Bertz CT molecular complexity index is 136. The molecule has 0 fully saturated rings. The van der Waals surface area contributed by atoms with Gasteiger partial charge in [-0.25, -0.2) is 0 Å². The maximum absolute atomic E-state index is 8.79. The zero-order valence-electron chi connectivity index (χ0n) is 7.79. The number of ether oxygens (including phenoxy) is 3. The van der Waals surface area contributed by atoms with Crippen LogP contribution in [0.4, 0.5) is 0 Å². The molecule has 0 heterocycles. The molecule has 4 heteroatoms. The number of methoxy groups -OCH3 is 1. The zero-order chi connectivity index (χ0) is 9.45. The van der Waals surface area contributed by atoms with Gasteiger partial charge in [-0.1, -0.05) is 0 Å². The first kappa shape index (κ1) is 11.4. The molecule has 0 aromatic rings. The average Bonchev–Trinajstić information content (AvgIpc) is 2.06. The second-order valence-electron chi connectivity index (χ2n) is 2.16. The summed E-state index contributed by atoms with van der Waals surface area (Å²) in [5.41, 5.74) is 0. The Morgan fingerprint density at radius 2 is 1.75 bits per heavy atom. The van der Waals surface area contributed by atoms with Gasteiger partial charge in [-0.15, -0.1) is 0 Å². The topological polar surface area (TPSA) is 51.5 Å². The summed E-state index contributed by atoms with van der Waals surface area (Å²) >= 11 is 0. The van der Waals surface area contributed by atoms with Crippen LogP contribution in [-0.2, 0) is 14.2 Å². The van der Waals surface area contributed by atoms with Crippen LogP contribution in [0.15, 0.2) is 0 Å². The largest absolute Gasteiger partial charge is 0.378 e. The Labute approximate surface area is 73.0 Å². The summed E-state index contributed by atoms with van der Waals surface area (Å²) in [6.07, 6.45) is 0. The Kier molecular flexibility index (Phi) is 5.64. The predicted octanol–water partition coefficient (Wildman–Crippen LogP) is 0.926. The lowest BCUT2D eigenvalue weighted by atomic mass is 10.3. The summed E-state index contributed by atoms with van der Waals surface area (Å²) in [4.78, 5) is 0. The number of hydrogen-bond acceptors (Lipinski definition) is 4. The van der Waals surface area contributed by atoms with Crippen molar-refractivity contribution < 1.29 is 14.2 Å². The Morgan fingerprint density at radius 3 is 2.00 bits per heavy atom. The predicted molar refractivity (Wildman–Crippen MR) is 43.5 cm³/mol. The van der Waals surface area contributed by atoms with Crippen LogP contribution in [-0.4, -0.2) is 32.7 Å². The van der Waals surface area contributed by atoms with Crippen molar-refractivity contribution in [1.29, 1.82) is 5.26 Å². The molecule has 0 saturated carbocycles. The Hall–Kier alpha value is -0.630. The second-order valence-corrected chi connectivity index (χ2v) is 2.16. The molecular formula is C8H15NO3. The van der Waals surface area contributed by atoms with E-state index in [0.29, 0.717) is 13.2 Å². The summed E-state index contributed by atoms with van der Waals surface area (Å²) in [7, 11) is 1.50. The molecule has 0 bridgehead atoms. The molecule has 0 saturated heterocycles. The Morgan fingerprint density at radius 1 is 1.25 bits per heavy atom. The highest BCUT2D eigenvalue weighted by Gasteiger charge is 2.31. The van der Waals surface area contributed by atoms with Crippen molar-refractivity contribution in [2.24, 2.45) is 0 Å². The van der Waals surface area contributed by atoms with Crippen LogP contribution in [0.1, 0.15) is 13.8 Å². The number of hydrogen-bond donors (Lipinski definition) is 0. The van der Waals surface area contributed by atoms with Crippen molar-refractivity contribution in [3.8, 4) is 6.07 Å². The highest BCUT2D eigenvalue weighted by atomic mass is 16.7. The van der Waals surface area contributed by atoms with Crippen molar-refractivity contribution in [3.63, 3.8) is 0 Å². The smallest absolute Gasteiger partial charge is 0.283 e. The molecular weight excluding hydrogens is 158 g/mol. The van der Waals surface area contributed by atoms with Gasteiger partial charge in [0.05, 0.1) is 0 Å². The van der Waals surface area contributed by atoms with Gasteiger partial charge in [-0.3, -0.25) is 0 Å². The lowest BCUT2D eigenvalue weighted by molar-refractivity contribution is -0.216. The molecule has 70 valence electrons. The van der Waals surface area contributed by atoms with Crippen LogP contribution < -0.4 is 0 Å². The average molecular weight is 173 g/mol. The van der Waals surface area contributed by atoms with Crippen molar-refractivity contribution in [2.75, 3.05) is 26.9 Å². The third-order valence-electron chi connectivity index (χ3n) is 1.26. The molecule has 0 N–H and O–H groups in total. The van der Waals surface area contributed by atoms with Gasteiger partial charge in [-0.2, -0.15) is 5.26 Å². The molecule has 4 nitrogen and oxygen atoms in total. The Balaban J connectivity index is 4.19. The summed E-state index contributed by atoms with van der Waals surface area (Å²) in [6, 6.07) is 1.95. The molecule has 0 rings (SSSR count). The normalized spacial score (nSPS) is 11.2. The summed E-state index contributed by atoms with van der Waals surface area (Å²) in [6.45, 7) is 4.60. The fraction of sp³-hybridized carbons (Fsp3) is 0.875. The molecule has 0 amide bonds. The van der Waals surface area contributed by atoms with Crippen LogP contribution in [0.25, 0.3) is 0 Å². The van der Waals surface area contributed by atoms with Crippen molar-refractivity contribution in [1.82, 2.24) is 0 Å². The molecule has 0 spiro atoms. The maximum atomic E-state index is 8.79. The van der Waals surface area contributed by atoms with Gasteiger partial charge >= 0.3 is 0 Å². The minimum Gasteiger partial charge on any atom is -0.378 e. The van der Waals surface area contributed by atoms with Crippen LogP contribution >= 0.6 is 0 Å². The molecule has 0 unspecified atom stereocenters. The molecule has 0 aromatic heterocycles. The lowest BCUT2D eigenvalue weighted by Gasteiger charge is -2.24. The van der Waals surface area contributed by atoms with E-state index in [1.807, 2.05) is 6.07 Å². The fourth-order valence-electron chi connectivity index (χ4n) is 0.878. The summed E-state index contributed by atoms with van der Waals surface area (Å²) < 4.78 is 15.1. The van der Waals surface area contributed by atoms with Gasteiger partial charge in [-0.05, 0) is 13.8 Å². The summed E-state index contributed by atoms with van der Waals surface area (Å²) in [5.74, 6) is -1.22. The first-order chi connectivity index (χ1) is 5.74. The minimum atomic E-state index is -1.22. The zero-order valence-corrected chi connectivity index (χ0v) is 7.79. The van der Waals surface area contributed by atoms with E-state index in [-0.39, 0.29) is 6.61 Å². The molecule has 0 radical (unpaired) electrons. The molecule has 12 heavy (non-hydrogen) atoms. The number of nitrogens with zero attached hydrogens (tertiary/aromatic N) is 1. The van der Waals surface area contributed by atoms with E-state index >= 15 is 0 Å². The highest BCUT2D eigenvalue weighted by Crippen LogP contribution is 2.12. The van der Waals surface area contributed by atoms with Gasteiger partial charge in [0, 0.05) is 20.3 Å². The van der Waals surface area contributed by atoms with Crippen molar-refractivity contribution >= 4 is 0 Å².